The van der Waals surface area contributed by atoms with Crippen molar-refractivity contribution in [1.82, 2.24) is 0 Å². The molecule has 0 aliphatic carbocycles. The highest BCUT2D eigenvalue weighted by Crippen LogP contribution is 2.28. The number of aryl methyl sites for hydroxylation is 2. The highest BCUT2D eigenvalue weighted by molar-refractivity contribution is 5.39. The summed E-state index contributed by atoms with van der Waals surface area (Å²) in [5, 5.41) is 10.4. The first-order valence-corrected chi connectivity index (χ1v) is 6.55. The molecule has 0 aromatic heterocycles. The number of hydrogen-bond donors (Lipinski definition) is 1. The average Bonchev–Trinajstić information content (AvgIpc) is 2.38. The van der Waals surface area contributed by atoms with E-state index in [0.29, 0.717) is 17.7 Å². The van der Waals surface area contributed by atoms with Crippen molar-refractivity contribution in [3.8, 4) is 0 Å². The molecule has 0 aliphatic heterocycles. The quantitative estimate of drug-likeness (QED) is 0.921. The highest BCUT2D eigenvalue weighted by atomic mass is 19.1. The van der Waals surface area contributed by atoms with E-state index in [1.165, 1.54) is 6.07 Å². The van der Waals surface area contributed by atoms with E-state index in [9.17, 15) is 9.50 Å². The van der Waals surface area contributed by atoms with Gasteiger partial charge in [0.1, 0.15) is 11.9 Å². The third-order valence-electron chi connectivity index (χ3n) is 3.36. The number of hydrogen-bond acceptors (Lipinski definition) is 2. The number of aliphatic hydroxyl groups excluding tert-OH is 1. The fourth-order valence-electron chi connectivity index (χ4n) is 2.40. The van der Waals surface area contributed by atoms with E-state index in [0.717, 1.165) is 16.7 Å². The number of methoxy groups -OCH3 is 1. The Morgan fingerprint density at radius 3 is 2.35 bits per heavy atom. The van der Waals surface area contributed by atoms with Crippen LogP contribution in [0.1, 0.15) is 33.9 Å². The molecule has 0 spiro atoms. The van der Waals surface area contributed by atoms with Crippen molar-refractivity contribution >= 4 is 0 Å². The second kappa shape index (κ2) is 6.16. The minimum atomic E-state index is -0.952. The molecule has 2 aromatic carbocycles. The predicted molar refractivity (Wildman–Crippen MR) is 77.1 cm³/mol. The third-order valence-corrected chi connectivity index (χ3v) is 3.36. The summed E-state index contributed by atoms with van der Waals surface area (Å²) < 4.78 is 19.1. The van der Waals surface area contributed by atoms with Gasteiger partial charge in [-0.3, -0.25) is 0 Å². The summed E-state index contributed by atoms with van der Waals surface area (Å²) >= 11 is 0. The Hall–Kier alpha value is -1.71. The lowest BCUT2D eigenvalue weighted by molar-refractivity contribution is 0.184. The summed E-state index contributed by atoms with van der Waals surface area (Å²) in [6.07, 6.45) is -0.952. The number of ether oxygens (including phenoxy) is 1. The smallest absolute Gasteiger partial charge is 0.129 e. The van der Waals surface area contributed by atoms with Crippen LogP contribution in [0.2, 0.25) is 0 Å². The molecule has 1 atom stereocenters. The predicted octanol–water partition coefficient (Wildman–Crippen LogP) is 3.67. The van der Waals surface area contributed by atoms with Crippen molar-refractivity contribution in [3.05, 3.63) is 70.0 Å². The van der Waals surface area contributed by atoms with Crippen molar-refractivity contribution in [2.24, 2.45) is 0 Å². The molecule has 2 nitrogen and oxygen atoms in total. The Balaban J connectivity index is 2.33. The molecule has 0 bridgehead atoms. The first kappa shape index (κ1) is 14.7. The normalized spacial score (nSPS) is 12.4. The average molecular weight is 274 g/mol. The lowest BCUT2D eigenvalue weighted by atomic mass is 9.95. The van der Waals surface area contributed by atoms with Gasteiger partial charge in [-0.15, -0.1) is 0 Å². The number of rotatable bonds is 4. The molecule has 2 aromatic rings. The van der Waals surface area contributed by atoms with Gasteiger partial charge in [-0.25, -0.2) is 4.39 Å². The van der Waals surface area contributed by atoms with Crippen LogP contribution in [0.25, 0.3) is 0 Å². The second-order valence-corrected chi connectivity index (χ2v) is 5.05. The minimum absolute atomic E-state index is 0.343. The van der Waals surface area contributed by atoms with Gasteiger partial charge in [0, 0.05) is 12.7 Å². The molecule has 106 valence electrons. The minimum Gasteiger partial charge on any atom is -0.384 e. The molecule has 0 amide bonds. The van der Waals surface area contributed by atoms with E-state index < -0.39 is 6.10 Å². The SMILES string of the molecule is COCc1ccc(C(O)c2c(C)cc(C)cc2F)cc1. The van der Waals surface area contributed by atoms with Crippen LogP contribution >= 0.6 is 0 Å². The molecule has 1 unspecified atom stereocenters. The van der Waals surface area contributed by atoms with Gasteiger partial charge in [-0.2, -0.15) is 0 Å². The van der Waals surface area contributed by atoms with Gasteiger partial charge in [0.05, 0.1) is 6.61 Å². The summed E-state index contributed by atoms with van der Waals surface area (Å²) in [5.74, 6) is -0.365. The summed E-state index contributed by atoms with van der Waals surface area (Å²) in [6, 6.07) is 10.7. The number of aliphatic hydroxyl groups is 1. The van der Waals surface area contributed by atoms with Gasteiger partial charge >= 0.3 is 0 Å². The summed E-state index contributed by atoms with van der Waals surface area (Å²) in [7, 11) is 1.63. The van der Waals surface area contributed by atoms with Gasteiger partial charge in [-0.05, 0) is 42.2 Å². The van der Waals surface area contributed by atoms with Crippen molar-refractivity contribution in [1.29, 1.82) is 0 Å². The molecule has 20 heavy (non-hydrogen) atoms. The Morgan fingerprint density at radius 1 is 1.15 bits per heavy atom. The second-order valence-electron chi connectivity index (χ2n) is 5.05. The third kappa shape index (κ3) is 3.06. The first-order chi connectivity index (χ1) is 9.52. The first-order valence-electron chi connectivity index (χ1n) is 6.55. The van der Waals surface area contributed by atoms with Crippen LogP contribution in [0, 0.1) is 19.7 Å². The van der Waals surface area contributed by atoms with E-state index in [-0.39, 0.29) is 5.82 Å². The lowest BCUT2D eigenvalue weighted by Crippen LogP contribution is -2.06. The lowest BCUT2D eigenvalue weighted by Gasteiger charge is -2.16. The zero-order chi connectivity index (χ0) is 14.7. The molecule has 0 radical (unpaired) electrons. The van der Waals surface area contributed by atoms with E-state index in [1.807, 2.05) is 32.0 Å². The van der Waals surface area contributed by atoms with Crippen molar-refractivity contribution in [2.75, 3.05) is 7.11 Å². The van der Waals surface area contributed by atoms with Gasteiger partial charge in [-0.1, -0.05) is 30.3 Å². The molecule has 3 heteroatoms. The molecule has 1 N–H and O–H groups in total. The zero-order valence-electron chi connectivity index (χ0n) is 12.0. The van der Waals surface area contributed by atoms with Crippen LogP contribution in [0.5, 0.6) is 0 Å². The van der Waals surface area contributed by atoms with Crippen LogP contribution in [0.3, 0.4) is 0 Å². The molecular formula is C17H19FO2. The fourth-order valence-corrected chi connectivity index (χ4v) is 2.40. The Kier molecular flexibility index (Phi) is 4.53. The van der Waals surface area contributed by atoms with Gasteiger partial charge < -0.3 is 9.84 Å². The van der Waals surface area contributed by atoms with E-state index in [1.54, 1.807) is 19.2 Å². The highest BCUT2D eigenvalue weighted by Gasteiger charge is 2.17. The molecule has 0 aliphatic rings. The maximum absolute atomic E-state index is 14.1. The topological polar surface area (TPSA) is 29.5 Å². The molecule has 0 saturated carbocycles. The van der Waals surface area contributed by atoms with Crippen LogP contribution < -0.4 is 0 Å². The van der Waals surface area contributed by atoms with Crippen molar-refractivity contribution in [3.63, 3.8) is 0 Å². The maximum Gasteiger partial charge on any atom is 0.129 e. The van der Waals surface area contributed by atoms with Crippen molar-refractivity contribution < 1.29 is 14.2 Å². The van der Waals surface area contributed by atoms with Crippen LogP contribution in [0.15, 0.2) is 36.4 Å². The Labute approximate surface area is 118 Å². The summed E-state index contributed by atoms with van der Waals surface area (Å²) in [4.78, 5) is 0. The van der Waals surface area contributed by atoms with Gasteiger partial charge in [0.25, 0.3) is 0 Å². The van der Waals surface area contributed by atoms with Crippen LogP contribution in [-0.4, -0.2) is 12.2 Å². The molecule has 0 heterocycles. The van der Waals surface area contributed by atoms with E-state index in [2.05, 4.69) is 0 Å². The molecule has 0 fully saturated rings. The van der Waals surface area contributed by atoms with Gasteiger partial charge in [0.2, 0.25) is 0 Å². The van der Waals surface area contributed by atoms with Crippen LogP contribution in [-0.2, 0) is 11.3 Å². The maximum atomic E-state index is 14.1. The van der Waals surface area contributed by atoms with Crippen molar-refractivity contribution in [2.45, 2.75) is 26.6 Å². The van der Waals surface area contributed by atoms with E-state index >= 15 is 0 Å². The standard InChI is InChI=1S/C17H19FO2/c1-11-8-12(2)16(15(18)9-11)17(19)14-6-4-13(5-7-14)10-20-3/h4-9,17,19H,10H2,1-3H3. The summed E-state index contributed by atoms with van der Waals surface area (Å²) in [5.41, 5.74) is 3.65. The number of benzene rings is 2. The molecular weight excluding hydrogens is 255 g/mol. The summed E-state index contributed by atoms with van der Waals surface area (Å²) in [6.45, 7) is 4.17. The largest absolute Gasteiger partial charge is 0.384 e. The Morgan fingerprint density at radius 2 is 1.80 bits per heavy atom. The zero-order valence-corrected chi connectivity index (χ0v) is 12.0. The Bertz CT molecular complexity index is 567. The fraction of sp³-hybridized carbons (Fsp3) is 0.294. The molecule has 2 rings (SSSR count). The number of halogens is 1. The monoisotopic (exact) mass is 274 g/mol. The van der Waals surface area contributed by atoms with Gasteiger partial charge in [0.15, 0.2) is 0 Å². The van der Waals surface area contributed by atoms with Crippen LogP contribution in [0.4, 0.5) is 4.39 Å². The van der Waals surface area contributed by atoms with E-state index in [4.69, 9.17) is 4.74 Å². The molecule has 0 saturated heterocycles.